The third-order valence-corrected chi connectivity index (χ3v) is 3.89. The van der Waals surface area contributed by atoms with E-state index in [1.54, 1.807) is 12.3 Å². The second kappa shape index (κ2) is 8.12. The molecule has 0 radical (unpaired) electrons. The minimum atomic E-state index is -0.0720. The smallest absolute Gasteiger partial charge is 0.241 e. The van der Waals surface area contributed by atoms with Crippen LogP contribution in [0.3, 0.4) is 0 Å². The Morgan fingerprint density at radius 3 is 2.76 bits per heavy atom. The Labute approximate surface area is 130 Å². The first-order chi connectivity index (χ1) is 10.1. The van der Waals surface area contributed by atoms with Crippen LogP contribution >= 0.6 is 11.6 Å². The van der Waals surface area contributed by atoms with Gasteiger partial charge >= 0.3 is 0 Å². The topological polar surface area (TPSA) is 47.9 Å². The van der Waals surface area contributed by atoms with Gasteiger partial charge in [0, 0.05) is 49.7 Å². The van der Waals surface area contributed by atoms with Crippen molar-refractivity contribution in [2.45, 2.75) is 6.42 Å². The van der Waals surface area contributed by atoms with Gasteiger partial charge in [0.25, 0.3) is 0 Å². The second-order valence-corrected chi connectivity index (χ2v) is 5.62. The summed E-state index contributed by atoms with van der Waals surface area (Å²) in [6.07, 6.45) is 2.03. The number of carbonyl (C=O) groups excluding carboxylic acids is 1. The Bertz CT molecular complexity index is 498. The third-order valence-electron chi connectivity index (χ3n) is 3.55. The van der Waals surface area contributed by atoms with Crippen LogP contribution in [0.4, 0.5) is 0 Å². The Hall–Kier alpha value is -1.43. The quantitative estimate of drug-likeness (QED) is 0.661. The largest absolute Gasteiger partial charge is 0.304 e. The number of rotatable bonds is 5. The highest BCUT2D eigenvalue weighted by Gasteiger charge is 2.14. The number of hydrogen-bond acceptors (Lipinski definition) is 4. The molecule has 0 spiro atoms. The van der Waals surface area contributed by atoms with Crippen molar-refractivity contribution in [3.8, 4) is 0 Å². The Morgan fingerprint density at radius 1 is 1.33 bits per heavy atom. The zero-order valence-electron chi connectivity index (χ0n) is 12.3. The molecule has 0 atom stereocenters. The molecule has 0 unspecified atom stereocenters. The van der Waals surface area contributed by atoms with Crippen LogP contribution in [-0.4, -0.2) is 61.7 Å². The van der Waals surface area contributed by atoms with E-state index in [-0.39, 0.29) is 5.91 Å². The first-order valence-electron chi connectivity index (χ1n) is 7.12. The molecule has 1 heterocycles. The van der Waals surface area contributed by atoms with Crippen LogP contribution in [-0.2, 0) is 4.79 Å². The SMILES string of the molecule is CN1CCN(CCC(=O)NN=Cc2ccccc2Cl)CC1. The van der Waals surface area contributed by atoms with E-state index >= 15 is 0 Å². The molecule has 0 aromatic heterocycles. The zero-order chi connectivity index (χ0) is 15.1. The molecule has 1 aliphatic heterocycles. The standard InChI is InChI=1S/C15H21ClN4O/c1-19-8-10-20(11-9-19)7-6-15(21)18-17-12-13-4-2-3-5-14(13)16/h2-5,12H,6-11H2,1H3,(H,18,21). The number of amides is 1. The first kappa shape index (κ1) is 15.9. The average Bonchev–Trinajstić information content (AvgIpc) is 2.49. The number of benzene rings is 1. The predicted octanol–water partition coefficient (Wildman–Crippen LogP) is 1.43. The maximum absolute atomic E-state index is 11.7. The van der Waals surface area contributed by atoms with Gasteiger partial charge in [-0.05, 0) is 13.1 Å². The summed E-state index contributed by atoms with van der Waals surface area (Å²) in [7, 11) is 2.12. The molecule has 1 fully saturated rings. The fourth-order valence-corrected chi connectivity index (χ4v) is 2.33. The second-order valence-electron chi connectivity index (χ2n) is 5.21. The lowest BCUT2D eigenvalue weighted by Crippen LogP contribution is -2.45. The molecule has 1 saturated heterocycles. The van der Waals surface area contributed by atoms with Crippen molar-refractivity contribution < 1.29 is 4.79 Å². The summed E-state index contributed by atoms with van der Waals surface area (Å²) in [4.78, 5) is 16.3. The summed E-state index contributed by atoms with van der Waals surface area (Å²) < 4.78 is 0. The molecule has 1 amide bonds. The van der Waals surface area contributed by atoms with E-state index in [4.69, 9.17) is 11.6 Å². The van der Waals surface area contributed by atoms with Crippen LogP contribution in [0.25, 0.3) is 0 Å². The van der Waals surface area contributed by atoms with Gasteiger partial charge in [-0.25, -0.2) is 5.43 Å². The van der Waals surface area contributed by atoms with E-state index in [2.05, 4.69) is 27.4 Å². The highest BCUT2D eigenvalue weighted by atomic mass is 35.5. The lowest BCUT2D eigenvalue weighted by molar-refractivity contribution is -0.121. The molecule has 5 nitrogen and oxygen atoms in total. The van der Waals surface area contributed by atoms with E-state index in [9.17, 15) is 4.79 Å². The minimum absolute atomic E-state index is 0.0720. The average molecular weight is 309 g/mol. The van der Waals surface area contributed by atoms with Crippen molar-refractivity contribution in [2.24, 2.45) is 5.10 Å². The molecule has 2 rings (SSSR count). The van der Waals surface area contributed by atoms with Gasteiger partial charge in [-0.2, -0.15) is 5.10 Å². The normalized spacial score (nSPS) is 17.2. The lowest BCUT2D eigenvalue weighted by atomic mass is 10.2. The van der Waals surface area contributed by atoms with Crippen LogP contribution in [0.15, 0.2) is 29.4 Å². The van der Waals surface area contributed by atoms with Gasteiger partial charge in [-0.1, -0.05) is 29.8 Å². The van der Waals surface area contributed by atoms with Gasteiger partial charge in [0.1, 0.15) is 0 Å². The van der Waals surface area contributed by atoms with Crippen molar-refractivity contribution in [1.82, 2.24) is 15.2 Å². The van der Waals surface area contributed by atoms with Crippen LogP contribution in [0.5, 0.6) is 0 Å². The van der Waals surface area contributed by atoms with Gasteiger partial charge in [-0.15, -0.1) is 0 Å². The molecule has 1 N–H and O–H groups in total. The number of carbonyl (C=O) groups is 1. The van der Waals surface area contributed by atoms with Crippen molar-refractivity contribution >= 4 is 23.7 Å². The lowest BCUT2D eigenvalue weighted by Gasteiger charge is -2.32. The van der Waals surface area contributed by atoms with Crippen molar-refractivity contribution in [2.75, 3.05) is 39.8 Å². The van der Waals surface area contributed by atoms with E-state index in [0.717, 1.165) is 38.3 Å². The minimum Gasteiger partial charge on any atom is -0.304 e. The first-order valence-corrected chi connectivity index (χ1v) is 7.50. The number of hydrazone groups is 1. The summed E-state index contributed by atoms with van der Waals surface area (Å²) in [6.45, 7) is 4.94. The van der Waals surface area contributed by atoms with E-state index in [0.29, 0.717) is 11.4 Å². The Balaban J connectivity index is 1.69. The van der Waals surface area contributed by atoms with Crippen molar-refractivity contribution in [3.05, 3.63) is 34.9 Å². The van der Waals surface area contributed by atoms with Gasteiger partial charge in [0.2, 0.25) is 5.91 Å². The molecular formula is C15H21ClN4O. The van der Waals surface area contributed by atoms with Gasteiger partial charge in [-0.3, -0.25) is 4.79 Å². The maximum Gasteiger partial charge on any atom is 0.241 e. The molecule has 0 bridgehead atoms. The van der Waals surface area contributed by atoms with Crippen LogP contribution in [0.2, 0.25) is 5.02 Å². The van der Waals surface area contributed by atoms with Gasteiger partial charge in [0.05, 0.1) is 6.21 Å². The molecule has 0 aliphatic carbocycles. The summed E-state index contributed by atoms with van der Waals surface area (Å²) >= 11 is 6.00. The molecule has 114 valence electrons. The van der Waals surface area contributed by atoms with Gasteiger partial charge in [0.15, 0.2) is 0 Å². The molecule has 21 heavy (non-hydrogen) atoms. The van der Waals surface area contributed by atoms with E-state index in [1.807, 2.05) is 18.2 Å². The number of hydrogen-bond donors (Lipinski definition) is 1. The van der Waals surface area contributed by atoms with E-state index in [1.165, 1.54) is 0 Å². The molecular weight excluding hydrogens is 288 g/mol. The summed E-state index contributed by atoms with van der Waals surface area (Å²) in [5.41, 5.74) is 3.33. The number of halogens is 1. The molecule has 6 heteroatoms. The van der Waals surface area contributed by atoms with Crippen LogP contribution < -0.4 is 5.43 Å². The molecule has 1 aliphatic rings. The number of likely N-dealkylation sites (N-methyl/N-ethyl adjacent to an activating group) is 1. The third kappa shape index (κ3) is 5.46. The fraction of sp³-hybridized carbons (Fsp3) is 0.467. The van der Waals surface area contributed by atoms with E-state index < -0.39 is 0 Å². The highest BCUT2D eigenvalue weighted by molar-refractivity contribution is 6.33. The fourth-order valence-electron chi connectivity index (χ4n) is 2.14. The number of piperazine rings is 1. The Kier molecular flexibility index (Phi) is 6.17. The van der Waals surface area contributed by atoms with Crippen LogP contribution in [0.1, 0.15) is 12.0 Å². The number of nitrogens with zero attached hydrogens (tertiary/aromatic N) is 3. The van der Waals surface area contributed by atoms with Crippen molar-refractivity contribution in [3.63, 3.8) is 0 Å². The summed E-state index contributed by atoms with van der Waals surface area (Å²) in [5.74, 6) is -0.0720. The summed E-state index contributed by atoms with van der Waals surface area (Å²) in [5, 5.41) is 4.56. The highest BCUT2D eigenvalue weighted by Crippen LogP contribution is 2.11. The predicted molar refractivity (Wildman–Crippen MR) is 85.7 cm³/mol. The Morgan fingerprint density at radius 2 is 2.05 bits per heavy atom. The van der Waals surface area contributed by atoms with Gasteiger partial charge < -0.3 is 9.80 Å². The molecule has 0 saturated carbocycles. The van der Waals surface area contributed by atoms with Crippen LogP contribution in [0, 0.1) is 0 Å². The molecule has 1 aromatic carbocycles. The molecule has 1 aromatic rings. The summed E-state index contributed by atoms with van der Waals surface area (Å²) in [6, 6.07) is 7.37. The maximum atomic E-state index is 11.7. The number of nitrogens with one attached hydrogen (secondary N) is 1. The monoisotopic (exact) mass is 308 g/mol. The zero-order valence-corrected chi connectivity index (χ0v) is 13.0. The van der Waals surface area contributed by atoms with Crippen molar-refractivity contribution in [1.29, 1.82) is 0 Å².